The van der Waals surface area contributed by atoms with Crippen LogP contribution in [0.5, 0.6) is 0 Å². The third kappa shape index (κ3) is 3.95. The van der Waals surface area contributed by atoms with Crippen molar-refractivity contribution in [1.29, 1.82) is 5.26 Å². The SMILES string of the molecule is CCN(CCC(=O)O)C(=O)Nc1cccc(F)c1C#N. The van der Waals surface area contributed by atoms with Crippen LogP contribution < -0.4 is 5.32 Å². The zero-order valence-corrected chi connectivity index (χ0v) is 10.9. The number of nitrogens with one attached hydrogen (secondary N) is 1. The van der Waals surface area contributed by atoms with Crippen LogP contribution in [0, 0.1) is 17.1 Å². The fraction of sp³-hybridized carbons (Fsp3) is 0.308. The van der Waals surface area contributed by atoms with E-state index in [-0.39, 0.29) is 24.2 Å². The lowest BCUT2D eigenvalue weighted by molar-refractivity contribution is -0.137. The lowest BCUT2D eigenvalue weighted by Gasteiger charge is -2.20. The number of benzene rings is 1. The number of aliphatic carboxylic acids is 1. The molecule has 1 aromatic carbocycles. The molecule has 0 saturated carbocycles. The second kappa shape index (κ2) is 7.09. The van der Waals surface area contributed by atoms with E-state index >= 15 is 0 Å². The van der Waals surface area contributed by atoms with Crippen molar-refractivity contribution in [3.05, 3.63) is 29.6 Å². The highest BCUT2D eigenvalue weighted by molar-refractivity contribution is 5.91. The van der Waals surface area contributed by atoms with Gasteiger partial charge in [-0.3, -0.25) is 4.79 Å². The van der Waals surface area contributed by atoms with E-state index < -0.39 is 17.8 Å². The minimum absolute atomic E-state index is 0.0366. The molecule has 20 heavy (non-hydrogen) atoms. The number of urea groups is 1. The molecule has 0 bridgehead atoms. The summed E-state index contributed by atoms with van der Waals surface area (Å²) in [6, 6.07) is 5.00. The van der Waals surface area contributed by atoms with Crippen LogP contribution in [0.1, 0.15) is 18.9 Å². The molecule has 0 radical (unpaired) electrons. The van der Waals surface area contributed by atoms with Gasteiger partial charge in [0.05, 0.1) is 12.1 Å². The van der Waals surface area contributed by atoms with Gasteiger partial charge in [0, 0.05) is 13.1 Å². The van der Waals surface area contributed by atoms with E-state index in [0.29, 0.717) is 6.54 Å². The molecule has 6 nitrogen and oxygen atoms in total. The zero-order valence-electron chi connectivity index (χ0n) is 10.9. The van der Waals surface area contributed by atoms with E-state index in [1.807, 2.05) is 0 Å². The van der Waals surface area contributed by atoms with Crippen molar-refractivity contribution in [1.82, 2.24) is 4.90 Å². The standard InChI is InChI=1S/C13H14FN3O3/c1-2-17(7-6-12(18)19)13(20)16-11-5-3-4-10(14)9(11)8-15/h3-5H,2,6-7H2,1H3,(H,16,20)(H,18,19). The molecule has 0 aliphatic rings. The molecule has 0 fully saturated rings. The maximum absolute atomic E-state index is 13.4. The van der Waals surface area contributed by atoms with Gasteiger partial charge in [0.15, 0.2) is 0 Å². The molecule has 7 heteroatoms. The highest BCUT2D eigenvalue weighted by Gasteiger charge is 2.16. The van der Waals surface area contributed by atoms with E-state index in [9.17, 15) is 14.0 Å². The number of nitrogens with zero attached hydrogens (tertiary/aromatic N) is 2. The zero-order chi connectivity index (χ0) is 15.1. The number of carboxylic acid groups (broad SMARTS) is 1. The van der Waals surface area contributed by atoms with Crippen molar-refractivity contribution in [3.63, 3.8) is 0 Å². The summed E-state index contributed by atoms with van der Waals surface area (Å²) in [5, 5.41) is 19.9. The lowest BCUT2D eigenvalue weighted by Crippen LogP contribution is -2.36. The number of amides is 2. The number of carboxylic acids is 1. The summed E-state index contributed by atoms with van der Waals surface area (Å²) < 4.78 is 13.4. The Morgan fingerprint density at radius 1 is 1.50 bits per heavy atom. The van der Waals surface area contributed by atoms with Crippen molar-refractivity contribution in [2.75, 3.05) is 18.4 Å². The molecule has 0 heterocycles. The fourth-order valence-electron chi connectivity index (χ4n) is 1.57. The smallest absolute Gasteiger partial charge is 0.321 e. The van der Waals surface area contributed by atoms with Crippen LogP contribution >= 0.6 is 0 Å². The summed E-state index contributed by atoms with van der Waals surface area (Å²) >= 11 is 0. The Bertz CT molecular complexity index is 554. The Kier molecular flexibility index (Phi) is 5.47. The van der Waals surface area contributed by atoms with E-state index in [4.69, 9.17) is 10.4 Å². The quantitative estimate of drug-likeness (QED) is 0.862. The van der Waals surface area contributed by atoms with Crippen LogP contribution in [0.4, 0.5) is 14.9 Å². The minimum atomic E-state index is -1.01. The predicted octanol–water partition coefficient (Wildman–Crippen LogP) is 2.03. The number of hydrogen-bond acceptors (Lipinski definition) is 3. The molecule has 0 aromatic heterocycles. The first-order valence-electron chi connectivity index (χ1n) is 5.96. The molecule has 0 unspecified atom stereocenters. The van der Waals surface area contributed by atoms with Crippen LogP contribution in [0.25, 0.3) is 0 Å². The second-order valence-corrected chi connectivity index (χ2v) is 3.93. The van der Waals surface area contributed by atoms with E-state index in [2.05, 4.69) is 5.32 Å². The van der Waals surface area contributed by atoms with Gasteiger partial charge in [0.25, 0.3) is 0 Å². The van der Waals surface area contributed by atoms with Gasteiger partial charge in [-0.15, -0.1) is 0 Å². The maximum atomic E-state index is 13.4. The third-order valence-electron chi connectivity index (χ3n) is 2.63. The molecule has 2 N–H and O–H groups in total. The molecule has 0 saturated heterocycles. The van der Waals surface area contributed by atoms with Crippen LogP contribution in [0.3, 0.4) is 0 Å². The molecule has 0 spiro atoms. The topological polar surface area (TPSA) is 93.4 Å². The summed E-state index contributed by atoms with van der Waals surface area (Å²) in [4.78, 5) is 23.7. The monoisotopic (exact) mass is 279 g/mol. The van der Waals surface area contributed by atoms with Gasteiger partial charge in [-0.2, -0.15) is 5.26 Å². The van der Waals surface area contributed by atoms with Gasteiger partial charge >= 0.3 is 12.0 Å². The van der Waals surface area contributed by atoms with E-state index in [1.165, 1.54) is 17.0 Å². The first-order valence-corrected chi connectivity index (χ1v) is 5.96. The first kappa shape index (κ1) is 15.4. The van der Waals surface area contributed by atoms with Gasteiger partial charge in [-0.1, -0.05) is 6.07 Å². The Hall–Kier alpha value is -2.62. The highest BCUT2D eigenvalue weighted by Crippen LogP contribution is 2.18. The van der Waals surface area contributed by atoms with Crippen LogP contribution in [0.15, 0.2) is 18.2 Å². The predicted molar refractivity (Wildman–Crippen MR) is 69.6 cm³/mol. The van der Waals surface area contributed by atoms with Crippen molar-refractivity contribution >= 4 is 17.7 Å². The Labute approximate surface area is 115 Å². The molecular formula is C13H14FN3O3. The van der Waals surface area contributed by atoms with Gasteiger partial charge in [0.2, 0.25) is 0 Å². The van der Waals surface area contributed by atoms with Gasteiger partial charge < -0.3 is 15.3 Å². The molecule has 106 valence electrons. The number of halogens is 1. The molecule has 0 atom stereocenters. The summed E-state index contributed by atoms with van der Waals surface area (Å²) in [6.45, 7) is 2.03. The number of anilines is 1. The number of carbonyl (C=O) groups is 2. The Morgan fingerprint density at radius 2 is 2.20 bits per heavy atom. The van der Waals surface area contributed by atoms with Crippen molar-refractivity contribution < 1.29 is 19.1 Å². The first-order chi connectivity index (χ1) is 9.49. The lowest BCUT2D eigenvalue weighted by atomic mass is 10.2. The largest absolute Gasteiger partial charge is 0.481 e. The van der Waals surface area contributed by atoms with Gasteiger partial charge in [-0.05, 0) is 19.1 Å². The minimum Gasteiger partial charge on any atom is -0.481 e. The van der Waals surface area contributed by atoms with Crippen LogP contribution in [0.2, 0.25) is 0 Å². The van der Waals surface area contributed by atoms with Crippen LogP contribution in [-0.4, -0.2) is 35.1 Å². The molecule has 0 aliphatic heterocycles. The summed E-state index contributed by atoms with van der Waals surface area (Å²) in [5.41, 5.74) is -0.193. The van der Waals surface area contributed by atoms with E-state index in [0.717, 1.165) is 6.07 Å². The maximum Gasteiger partial charge on any atom is 0.321 e. The van der Waals surface area contributed by atoms with Crippen molar-refractivity contribution in [3.8, 4) is 6.07 Å². The molecule has 0 aliphatic carbocycles. The number of carbonyl (C=O) groups excluding carboxylic acids is 1. The molecule has 1 aromatic rings. The van der Waals surface area contributed by atoms with E-state index in [1.54, 1.807) is 13.0 Å². The highest BCUT2D eigenvalue weighted by atomic mass is 19.1. The molecule has 1 rings (SSSR count). The summed E-state index contributed by atoms with van der Waals surface area (Å²) in [5.74, 6) is -1.74. The average Bonchev–Trinajstić information content (AvgIpc) is 2.39. The molecule has 2 amide bonds. The fourth-order valence-corrected chi connectivity index (χ4v) is 1.57. The number of nitriles is 1. The van der Waals surface area contributed by atoms with Crippen LogP contribution in [-0.2, 0) is 4.79 Å². The number of rotatable bonds is 5. The summed E-state index contributed by atoms with van der Waals surface area (Å²) in [6.07, 6.45) is -0.185. The third-order valence-corrected chi connectivity index (χ3v) is 2.63. The molecular weight excluding hydrogens is 265 g/mol. The van der Waals surface area contributed by atoms with Gasteiger partial charge in [0.1, 0.15) is 17.4 Å². The average molecular weight is 279 g/mol. The number of hydrogen-bond donors (Lipinski definition) is 2. The summed E-state index contributed by atoms with van der Waals surface area (Å²) in [7, 11) is 0. The van der Waals surface area contributed by atoms with Gasteiger partial charge in [-0.25, -0.2) is 9.18 Å². The second-order valence-electron chi connectivity index (χ2n) is 3.93. The van der Waals surface area contributed by atoms with Crippen molar-refractivity contribution in [2.45, 2.75) is 13.3 Å². The Morgan fingerprint density at radius 3 is 2.75 bits per heavy atom. The normalized spacial score (nSPS) is 9.65. The Balaban J connectivity index is 2.82. The van der Waals surface area contributed by atoms with Crippen molar-refractivity contribution in [2.24, 2.45) is 0 Å².